The standard InChI is InChI=1S/C22H28N2OS/c1-22(2,3)18-9-11-20(12-10-18)26-17-21(25)24-15-13-23(14-16-24)19-7-5-4-6-8-19/h4-12H,13-17H2,1-3H3. The van der Waals surface area contributed by atoms with Gasteiger partial charge >= 0.3 is 0 Å². The summed E-state index contributed by atoms with van der Waals surface area (Å²) in [6.07, 6.45) is 0. The van der Waals surface area contributed by atoms with Gasteiger partial charge in [0.1, 0.15) is 0 Å². The summed E-state index contributed by atoms with van der Waals surface area (Å²) >= 11 is 1.63. The SMILES string of the molecule is CC(C)(C)c1ccc(SCC(=O)N2CCN(c3ccccc3)CC2)cc1. The maximum absolute atomic E-state index is 12.5. The van der Waals surface area contributed by atoms with Crippen molar-refractivity contribution >= 4 is 23.4 Å². The van der Waals surface area contributed by atoms with Gasteiger partial charge in [-0.25, -0.2) is 0 Å². The van der Waals surface area contributed by atoms with Crippen LogP contribution in [0.3, 0.4) is 0 Å². The van der Waals surface area contributed by atoms with E-state index < -0.39 is 0 Å². The van der Waals surface area contributed by atoms with E-state index in [1.165, 1.54) is 11.3 Å². The van der Waals surface area contributed by atoms with Gasteiger partial charge in [0.05, 0.1) is 5.75 Å². The minimum atomic E-state index is 0.164. The Morgan fingerprint density at radius 2 is 1.54 bits per heavy atom. The molecule has 4 heteroatoms. The molecule has 1 aliphatic rings. The largest absolute Gasteiger partial charge is 0.368 e. The Bertz CT molecular complexity index is 714. The molecule has 2 aromatic carbocycles. The first-order valence-corrected chi connectivity index (χ1v) is 10.2. The van der Waals surface area contributed by atoms with E-state index in [4.69, 9.17) is 0 Å². The fraction of sp³-hybridized carbons (Fsp3) is 0.409. The Balaban J connectivity index is 1.47. The molecule has 3 rings (SSSR count). The van der Waals surface area contributed by atoms with Gasteiger partial charge in [-0.15, -0.1) is 11.8 Å². The summed E-state index contributed by atoms with van der Waals surface area (Å²) in [5.74, 6) is 0.753. The maximum atomic E-state index is 12.5. The number of hydrogen-bond donors (Lipinski definition) is 0. The Hall–Kier alpha value is -1.94. The summed E-state index contributed by atoms with van der Waals surface area (Å²) in [5, 5.41) is 0. The molecule has 1 amide bonds. The van der Waals surface area contributed by atoms with Crippen LogP contribution < -0.4 is 4.90 Å². The first kappa shape index (κ1) is 18.8. The van der Waals surface area contributed by atoms with Crippen LogP contribution in [-0.4, -0.2) is 42.7 Å². The summed E-state index contributed by atoms with van der Waals surface area (Å²) in [6.45, 7) is 10.1. The lowest BCUT2D eigenvalue weighted by Crippen LogP contribution is -2.49. The molecule has 3 nitrogen and oxygen atoms in total. The molecule has 138 valence electrons. The van der Waals surface area contributed by atoms with E-state index in [0.29, 0.717) is 5.75 Å². The van der Waals surface area contributed by atoms with Crippen molar-refractivity contribution in [1.29, 1.82) is 0 Å². The zero-order valence-corrected chi connectivity index (χ0v) is 16.8. The van der Waals surface area contributed by atoms with Crippen LogP contribution in [0.4, 0.5) is 5.69 Å². The number of carbonyl (C=O) groups excluding carboxylic acids is 1. The van der Waals surface area contributed by atoms with Gasteiger partial charge in [0.15, 0.2) is 0 Å². The first-order valence-electron chi connectivity index (χ1n) is 9.24. The number of carbonyl (C=O) groups is 1. The molecule has 1 fully saturated rings. The van der Waals surface area contributed by atoms with Crippen molar-refractivity contribution < 1.29 is 4.79 Å². The molecular formula is C22H28N2OS. The summed E-state index contributed by atoms with van der Waals surface area (Å²) in [5.41, 5.74) is 2.73. The summed E-state index contributed by atoms with van der Waals surface area (Å²) < 4.78 is 0. The van der Waals surface area contributed by atoms with Crippen LogP contribution >= 0.6 is 11.8 Å². The predicted octanol–water partition coefficient (Wildman–Crippen LogP) is 4.43. The lowest BCUT2D eigenvalue weighted by Gasteiger charge is -2.36. The van der Waals surface area contributed by atoms with Crippen molar-refractivity contribution in [2.75, 3.05) is 36.8 Å². The van der Waals surface area contributed by atoms with Crippen LogP contribution in [0.25, 0.3) is 0 Å². The van der Waals surface area contributed by atoms with Gasteiger partial charge in [0.25, 0.3) is 0 Å². The molecule has 0 aliphatic carbocycles. The van der Waals surface area contributed by atoms with Gasteiger partial charge in [-0.2, -0.15) is 0 Å². The van der Waals surface area contributed by atoms with Crippen molar-refractivity contribution in [3.8, 4) is 0 Å². The van der Waals surface area contributed by atoms with Crippen molar-refractivity contribution in [3.05, 3.63) is 60.2 Å². The fourth-order valence-corrected chi connectivity index (χ4v) is 3.94. The number of piperazine rings is 1. The van der Waals surface area contributed by atoms with E-state index in [0.717, 1.165) is 31.1 Å². The highest BCUT2D eigenvalue weighted by Crippen LogP contribution is 2.26. The van der Waals surface area contributed by atoms with Crippen LogP contribution in [0.5, 0.6) is 0 Å². The molecule has 0 bridgehead atoms. The Morgan fingerprint density at radius 3 is 2.12 bits per heavy atom. The quantitative estimate of drug-likeness (QED) is 0.746. The smallest absolute Gasteiger partial charge is 0.233 e. The number of para-hydroxylation sites is 1. The zero-order valence-electron chi connectivity index (χ0n) is 15.9. The van der Waals surface area contributed by atoms with E-state index in [-0.39, 0.29) is 11.3 Å². The second-order valence-electron chi connectivity index (χ2n) is 7.77. The Labute approximate surface area is 161 Å². The van der Waals surface area contributed by atoms with E-state index in [2.05, 4.69) is 74.2 Å². The topological polar surface area (TPSA) is 23.6 Å². The third kappa shape index (κ3) is 4.82. The molecule has 0 radical (unpaired) electrons. The second kappa shape index (κ2) is 8.17. The summed E-state index contributed by atoms with van der Waals surface area (Å²) in [7, 11) is 0. The molecule has 0 aromatic heterocycles. The van der Waals surface area contributed by atoms with Crippen LogP contribution in [0.2, 0.25) is 0 Å². The van der Waals surface area contributed by atoms with E-state index in [1.54, 1.807) is 11.8 Å². The average molecular weight is 369 g/mol. The lowest BCUT2D eigenvalue weighted by molar-refractivity contribution is -0.128. The van der Waals surface area contributed by atoms with Crippen molar-refractivity contribution in [2.45, 2.75) is 31.1 Å². The molecular weight excluding hydrogens is 340 g/mol. The molecule has 2 aromatic rings. The third-order valence-corrected chi connectivity index (χ3v) is 5.83. The molecule has 0 spiro atoms. The zero-order chi connectivity index (χ0) is 18.6. The fourth-order valence-electron chi connectivity index (χ4n) is 3.14. The molecule has 1 saturated heterocycles. The first-order chi connectivity index (χ1) is 12.4. The monoisotopic (exact) mass is 368 g/mol. The van der Waals surface area contributed by atoms with Gasteiger partial charge < -0.3 is 9.80 Å². The molecule has 1 heterocycles. The minimum Gasteiger partial charge on any atom is -0.368 e. The number of anilines is 1. The summed E-state index contributed by atoms with van der Waals surface area (Å²) in [4.78, 5) is 18.0. The number of amides is 1. The average Bonchev–Trinajstić information content (AvgIpc) is 2.66. The predicted molar refractivity (Wildman–Crippen MR) is 111 cm³/mol. The Morgan fingerprint density at radius 1 is 0.923 bits per heavy atom. The minimum absolute atomic E-state index is 0.164. The summed E-state index contributed by atoms with van der Waals surface area (Å²) in [6, 6.07) is 19.0. The van der Waals surface area contributed by atoms with Crippen molar-refractivity contribution in [3.63, 3.8) is 0 Å². The highest BCUT2D eigenvalue weighted by molar-refractivity contribution is 8.00. The van der Waals surface area contributed by atoms with Gasteiger partial charge in [-0.05, 0) is 35.2 Å². The van der Waals surface area contributed by atoms with Gasteiger partial charge in [-0.1, -0.05) is 51.1 Å². The van der Waals surface area contributed by atoms with Crippen LogP contribution in [0, 0.1) is 0 Å². The molecule has 1 aliphatic heterocycles. The normalized spacial score (nSPS) is 15.2. The Kier molecular flexibility index (Phi) is 5.92. The van der Waals surface area contributed by atoms with Crippen LogP contribution in [0.15, 0.2) is 59.5 Å². The number of benzene rings is 2. The number of nitrogens with zero attached hydrogens (tertiary/aromatic N) is 2. The third-order valence-electron chi connectivity index (χ3n) is 4.84. The second-order valence-corrected chi connectivity index (χ2v) is 8.82. The number of thioether (sulfide) groups is 1. The number of rotatable bonds is 4. The van der Waals surface area contributed by atoms with Gasteiger partial charge in [-0.3, -0.25) is 4.79 Å². The maximum Gasteiger partial charge on any atom is 0.233 e. The van der Waals surface area contributed by atoms with Gasteiger partial charge in [0.2, 0.25) is 5.91 Å². The lowest BCUT2D eigenvalue weighted by atomic mass is 9.87. The van der Waals surface area contributed by atoms with E-state index in [9.17, 15) is 4.79 Å². The number of hydrogen-bond acceptors (Lipinski definition) is 3. The van der Waals surface area contributed by atoms with Crippen LogP contribution in [0.1, 0.15) is 26.3 Å². The molecule has 0 atom stereocenters. The molecule has 0 unspecified atom stereocenters. The van der Waals surface area contributed by atoms with E-state index >= 15 is 0 Å². The molecule has 0 saturated carbocycles. The molecule has 0 N–H and O–H groups in total. The highest BCUT2D eigenvalue weighted by atomic mass is 32.2. The van der Waals surface area contributed by atoms with Crippen molar-refractivity contribution in [2.24, 2.45) is 0 Å². The van der Waals surface area contributed by atoms with Crippen LogP contribution in [-0.2, 0) is 10.2 Å². The highest BCUT2D eigenvalue weighted by Gasteiger charge is 2.21. The van der Waals surface area contributed by atoms with E-state index in [1.807, 2.05) is 11.0 Å². The van der Waals surface area contributed by atoms with Crippen molar-refractivity contribution in [1.82, 2.24) is 4.90 Å². The van der Waals surface area contributed by atoms with Gasteiger partial charge in [0, 0.05) is 36.8 Å². The molecule has 26 heavy (non-hydrogen) atoms.